The van der Waals surface area contributed by atoms with Gasteiger partial charge in [0.2, 0.25) is 0 Å². The number of amides is 1. The SMILES string of the molecule is CNC(=O)c1ncc(OC2CC2)cc1SC. The zero-order valence-electron chi connectivity index (χ0n) is 9.32. The zero-order valence-corrected chi connectivity index (χ0v) is 10.1. The summed E-state index contributed by atoms with van der Waals surface area (Å²) >= 11 is 1.50. The Morgan fingerprint density at radius 1 is 1.62 bits per heavy atom. The van der Waals surface area contributed by atoms with Crippen molar-refractivity contribution in [1.29, 1.82) is 0 Å². The van der Waals surface area contributed by atoms with Gasteiger partial charge in [-0.25, -0.2) is 4.98 Å². The Morgan fingerprint density at radius 3 is 2.94 bits per heavy atom. The van der Waals surface area contributed by atoms with E-state index in [0.717, 1.165) is 23.5 Å². The fraction of sp³-hybridized carbons (Fsp3) is 0.455. The number of ether oxygens (including phenoxy) is 1. The maximum Gasteiger partial charge on any atom is 0.270 e. The van der Waals surface area contributed by atoms with E-state index in [-0.39, 0.29) is 5.91 Å². The molecule has 0 unspecified atom stereocenters. The minimum Gasteiger partial charge on any atom is -0.489 e. The molecule has 1 saturated carbocycles. The summed E-state index contributed by atoms with van der Waals surface area (Å²) in [4.78, 5) is 16.5. The van der Waals surface area contributed by atoms with E-state index in [1.165, 1.54) is 11.8 Å². The predicted molar refractivity (Wildman–Crippen MR) is 63.1 cm³/mol. The van der Waals surface area contributed by atoms with Crippen LogP contribution >= 0.6 is 11.8 Å². The molecule has 5 heteroatoms. The first kappa shape index (κ1) is 11.3. The van der Waals surface area contributed by atoms with E-state index in [9.17, 15) is 4.79 Å². The zero-order chi connectivity index (χ0) is 11.5. The molecule has 4 nitrogen and oxygen atoms in total. The van der Waals surface area contributed by atoms with Crippen LogP contribution in [0.5, 0.6) is 5.75 Å². The van der Waals surface area contributed by atoms with Gasteiger partial charge in [0, 0.05) is 11.9 Å². The summed E-state index contributed by atoms with van der Waals surface area (Å²) in [7, 11) is 1.60. The minimum absolute atomic E-state index is 0.165. The number of aromatic nitrogens is 1. The van der Waals surface area contributed by atoms with Gasteiger partial charge in [-0.15, -0.1) is 11.8 Å². The van der Waals surface area contributed by atoms with Gasteiger partial charge in [-0.05, 0) is 25.2 Å². The molecule has 2 rings (SSSR count). The number of nitrogens with one attached hydrogen (secondary N) is 1. The van der Waals surface area contributed by atoms with Crippen LogP contribution in [0.3, 0.4) is 0 Å². The summed E-state index contributed by atoms with van der Waals surface area (Å²) in [5.74, 6) is 0.585. The van der Waals surface area contributed by atoms with Crippen LogP contribution in [0.15, 0.2) is 17.2 Å². The standard InChI is InChI=1S/C11H14N2O2S/c1-12-11(14)10-9(16-2)5-8(6-13-10)15-7-3-4-7/h5-7H,3-4H2,1-2H3,(H,12,14). The minimum atomic E-state index is -0.165. The van der Waals surface area contributed by atoms with E-state index in [0.29, 0.717) is 11.8 Å². The van der Waals surface area contributed by atoms with Gasteiger partial charge < -0.3 is 10.1 Å². The first-order valence-corrected chi connectivity index (χ1v) is 6.40. The molecule has 1 aliphatic rings. The highest BCUT2D eigenvalue weighted by molar-refractivity contribution is 7.98. The Hall–Kier alpha value is -1.23. The Labute approximate surface area is 98.8 Å². The van der Waals surface area contributed by atoms with Crippen molar-refractivity contribution in [2.24, 2.45) is 0 Å². The van der Waals surface area contributed by atoms with Gasteiger partial charge in [-0.2, -0.15) is 0 Å². The summed E-state index contributed by atoms with van der Waals surface area (Å²) in [6.45, 7) is 0. The third-order valence-electron chi connectivity index (χ3n) is 2.32. The predicted octanol–water partition coefficient (Wildman–Crippen LogP) is 1.70. The summed E-state index contributed by atoms with van der Waals surface area (Å²) in [6.07, 6.45) is 6.12. The molecule has 0 aliphatic heterocycles. The van der Waals surface area contributed by atoms with Crippen LogP contribution < -0.4 is 10.1 Å². The highest BCUT2D eigenvalue weighted by Crippen LogP contribution is 2.29. The first-order valence-electron chi connectivity index (χ1n) is 5.17. The molecule has 1 N–H and O–H groups in total. The van der Waals surface area contributed by atoms with Crippen LogP contribution in [0, 0.1) is 0 Å². The highest BCUT2D eigenvalue weighted by atomic mass is 32.2. The van der Waals surface area contributed by atoms with E-state index < -0.39 is 0 Å². The van der Waals surface area contributed by atoms with Gasteiger partial charge in [0.05, 0.1) is 12.3 Å². The van der Waals surface area contributed by atoms with Crippen LogP contribution in [-0.4, -0.2) is 30.3 Å². The van der Waals surface area contributed by atoms with Crippen LogP contribution in [-0.2, 0) is 0 Å². The Morgan fingerprint density at radius 2 is 2.38 bits per heavy atom. The molecule has 16 heavy (non-hydrogen) atoms. The molecular formula is C11H14N2O2S. The second-order valence-electron chi connectivity index (χ2n) is 3.62. The molecular weight excluding hydrogens is 224 g/mol. The molecule has 0 saturated heterocycles. The largest absolute Gasteiger partial charge is 0.489 e. The monoisotopic (exact) mass is 238 g/mol. The average molecular weight is 238 g/mol. The number of hydrogen-bond acceptors (Lipinski definition) is 4. The fourth-order valence-corrected chi connectivity index (χ4v) is 1.89. The van der Waals surface area contributed by atoms with E-state index in [1.54, 1.807) is 13.2 Å². The van der Waals surface area contributed by atoms with Gasteiger partial charge in [0.1, 0.15) is 11.4 Å². The van der Waals surface area contributed by atoms with Crippen LogP contribution in [0.1, 0.15) is 23.3 Å². The number of pyridine rings is 1. The number of carbonyl (C=O) groups is 1. The molecule has 1 aromatic rings. The lowest BCUT2D eigenvalue weighted by atomic mass is 10.3. The third kappa shape index (κ3) is 2.47. The number of rotatable bonds is 4. The second kappa shape index (κ2) is 4.74. The number of thioether (sulfide) groups is 1. The molecule has 0 aromatic carbocycles. The van der Waals surface area contributed by atoms with Crippen molar-refractivity contribution < 1.29 is 9.53 Å². The molecule has 0 bridgehead atoms. The van der Waals surface area contributed by atoms with Gasteiger partial charge >= 0.3 is 0 Å². The molecule has 0 atom stereocenters. The molecule has 0 spiro atoms. The third-order valence-corrected chi connectivity index (χ3v) is 3.07. The molecule has 86 valence electrons. The van der Waals surface area contributed by atoms with Crippen molar-refractivity contribution in [1.82, 2.24) is 10.3 Å². The van der Waals surface area contributed by atoms with Crippen LogP contribution in [0.2, 0.25) is 0 Å². The Kier molecular flexibility index (Phi) is 3.33. The second-order valence-corrected chi connectivity index (χ2v) is 4.47. The molecule has 1 amide bonds. The number of nitrogens with zero attached hydrogens (tertiary/aromatic N) is 1. The summed E-state index contributed by atoms with van der Waals surface area (Å²) in [5, 5.41) is 2.57. The number of carbonyl (C=O) groups excluding carboxylic acids is 1. The first-order chi connectivity index (χ1) is 7.74. The molecule has 1 aromatic heterocycles. The van der Waals surface area contributed by atoms with E-state index in [4.69, 9.17) is 4.74 Å². The van der Waals surface area contributed by atoms with Gasteiger partial charge in [0.25, 0.3) is 5.91 Å². The van der Waals surface area contributed by atoms with E-state index >= 15 is 0 Å². The molecule has 0 radical (unpaired) electrons. The topological polar surface area (TPSA) is 51.2 Å². The van der Waals surface area contributed by atoms with Crippen molar-refractivity contribution in [3.63, 3.8) is 0 Å². The van der Waals surface area contributed by atoms with Crippen molar-refractivity contribution in [3.05, 3.63) is 18.0 Å². The maximum absolute atomic E-state index is 11.5. The lowest BCUT2D eigenvalue weighted by molar-refractivity contribution is 0.0955. The molecule has 1 aliphatic carbocycles. The summed E-state index contributed by atoms with van der Waals surface area (Å²) in [5.41, 5.74) is 0.457. The van der Waals surface area contributed by atoms with Gasteiger partial charge in [-0.3, -0.25) is 4.79 Å². The van der Waals surface area contributed by atoms with Crippen LogP contribution in [0.4, 0.5) is 0 Å². The Bertz CT molecular complexity index is 405. The van der Waals surface area contributed by atoms with Gasteiger partial charge in [0.15, 0.2) is 0 Å². The molecule has 1 heterocycles. The van der Waals surface area contributed by atoms with Crippen molar-refractivity contribution in [2.75, 3.05) is 13.3 Å². The smallest absolute Gasteiger partial charge is 0.270 e. The van der Waals surface area contributed by atoms with Crippen LogP contribution in [0.25, 0.3) is 0 Å². The highest BCUT2D eigenvalue weighted by Gasteiger charge is 2.24. The summed E-state index contributed by atoms with van der Waals surface area (Å²) in [6, 6.07) is 1.88. The maximum atomic E-state index is 11.5. The van der Waals surface area contributed by atoms with Gasteiger partial charge in [-0.1, -0.05) is 0 Å². The Balaban J connectivity index is 2.22. The van der Waals surface area contributed by atoms with E-state index in [1.807, 2.05) is 12.3 Å². The number of hydrogen-bond donors (Lipinski definition) is 1. The quantitative estimate of drug-likeness (QED) is 0.811. The average Bonchev–Trinajstić information content (AvgIpc) is 3.11. The lowest BCUT2D eigenvalue weighted by Gasteiger charge is -2.08. The lowest BCUT2D eigenvalue weighted by Crippen LogP contribution is -2.20. The summed E-state index contributed by atoms with van der Waals surface area (Å²) < 4.78 is 5.63. The fourth-order valence-electron chi connectivity index (χ4n) is 1.31. The normalized spacial score (nSPS) is 14.6. The molecule has 1 fully saturated rings. The van der Waals surface area contributed by atoms with Crippen molar-refractivity contribution in [2.45, 2.75) is 23.8 Å². The van der Waals surface area contributed by atoms with E-state index in [2.05, 4.69) is 10.3 Å². The van der Waals surface area contributed by atoms with Crippen molar-refractivity contribution >= 4 is 17.7 Å². The van der Waals surface area contributed by atoms with Crippen molar-refractivity contribution in [3.8, 4) is 5.75 Å².